The first-order valence-corrected chi connectivity index (χ1v) is 5.88. The summed E-state index contributed by atoms with van der Waals surface area (Å²) in [4.78, 5) is 0.841. The molecule has 1 rings (SSSR count). The predicted molar refractivity (Wildman–Crippen MR) is 60.5 cm³/mol. The van der Waals surface area contributed by atoms with Gasteiger partial charge in [0.15, 0.2) is 0 Å². The summed E-state index contributed by atoms with van der Waals surface area (Å²) in [6.07, 6.45) is -4.20. The summed E-state index contributed by atoms with van der Waals surface area (Å²) in [5.41, 5.74) is 6.21. The van der Waals surface area contributed by atoms with E-state index in [1.54, 1.807) is 0 Å². The zero-order valence-corrected chi connectivity index (χ0v) is 9.74. The van der Waals surface area contributed by atoms with Crippen LogP contribution in [0.25, 0.3) is 0 Å². The zero-order valence-electron chi connectivity index (χ0n) is 8.92. The summed E-state index contributed by atoms with van der Waals surface area (Å²) in [7, 11) is 0. The van der Waals surface area contributed by atoms with Crippen LogP contribution in [-0.2, 0) is 0 Å². The number of hydrogen-bond donors (Lipinski definition) is 1. The van der Waals surface area contributed by atoms with Crippen molar-refractivity contribution in [3.8, 4) is 0 Å². The molecule has 0 saturated heterocycles. The Hall–Kier alpha value is -0.680. The van der Waals surface area contributed by atoms with E-state index in [0.29, 0.717) is 0 Å². The van der Waals surface area contributed by atoms with Crippen LogP contribution in [0.5, 0.6) is 0 Å². The van der Waals surface area contributed by atoms with Crippen LogP contribution in [0.2, 0.25) is 0 Å². The standard InChI is InChI=1S/C11H14F3NS/c1-8-2-4-10(5-3-8)16-7-9(6-15)11(12,13)14/h2-5,9H,6-7,15H2,1H3. The molecule has 1 aromatic rings. The lowest BCUT2D eigenvalue weighted by Gasteiger charge is -2.17. The number of benzene rings is 1. The maximum absolute atomic E-state index is 12.4. The lowest BCUT2D eigenvalue weighted by Crippen LogP contribution is -2.32. The summed E-state index contributed by atoms with van der Waals surface area (Å²) in [6, 6.07) is 7.41. The van der Waals surface area contributed by atoms with Crippen molar-refractivity contribution in [2.45, 2.75) is 18.0 Å². The topological polar surface area (TPSA) is 26.0 Å². The minimum absolute atomic E-state index is 0.0247. The van der Waals surface area contributed by atoms with E-state index in [1.807, 2.05) is 31.2 Å². The third-order valence-corrected chi connectivity index (χ3v) is 3.39. The maximum Gasteiger partial charge on any atom is 0.393 e. The van der Waals surface area contributed by atoms with Gasteiger partial charge in [0.05, 0.1) is 5.92 Å². The molecule has 0 aliphatic carbocycles. The lowest BCUT2D eigenvalue weighted by molar-refractivity contribution is -0.165. The monoisotopic (exact) mass is 249 g/mol. The number of alkyl halides is 3. The van der Waals surface area contributed by atoms with Gasteiger partial charge in [0.2, 0.25) is 0 Å². The van der Waals surface area contributed by atoms with Crippen LogP contribution in [0, 0.1) is 12.8 Å². The minimum atomic E-state index is -4.20. The van der Waals surface area contributed by atoms with Gasteiger partial charge in [-0.1, -0.05) is 17.7 Å². The van der Waals surface area contributed by atoms with E-state index in [0.717, 1.165) is 10.5 Å². The quantitative estimate of drug-likeness (QED) is 0.829. The van der Waals surface area contributed by atoms with E-state index in [2.05, 4.69) is 0 Å². The van der Waals surface area contributed by atoms with E-state index in [-0.39, 0.29) is 12.3 Å². The molecule has 16 heavy (non-hydrogen) atoms. The van der Waals surface area contributed by atoms with Gasteiger partial charge in [-0.3, -0.25) is 0 Å². The molecule has 0 heterocycles. The second-order valence-electron chi connectivity index (χ2n) is 3.60. The molecule has 0 aliphatic heterocycles. The Labute approximate surface area is 97.2 Å². The van der Waals surface area contributed by atoms with Crippen molar-refractivity contribution in [3.05, 3.63) is 29.8 Å². The number of aryl methyl sites for hydroxylation is 1. The smallest absolute Gasteiger partial charge is 0.330 e. The van der Waals surface area contributed by atoms with Crippen LogP contribution >= 0.6 is 11.8 Å². The zero-order chi connectivity index (χ0) is 12.2. The molecule has 1 nitrogen and oxygen atoms in total. The highest BCUT2D eigenvalue weighted by Crippen LogP contribution is 2.31. The minimum Gasteiger partial charge on any atom is -0.330 e. The van der Waals surface area contributed by atoms with Crippen molar-refractivity contribution in [2.24, 2.45) is 11.7 Å². The summed E-state index contributed by atoms with van der Waals surface area (Å²) in [5, 5.41) is 0. The van der Waals surface area contributed by atoms with Gasteiger partial charge < -0.3 is 5.73 Å². The number of halogens is 3. The Kier molecular flexibility index (Phi) is 4.68. The largest absolute Gasteiger partial charge is 0.393 e. The van der Waals surface area contributed by atoms with Crippen molar-refractivity contribution in [1.82, 2.24) is 0 Å². The van der Waals surface area contributed by atoms with Crippen LogP contribution < -0.4 is 5.73 Å². The van der Waals surface area contributed by atoms with Crippen molar-refractivity contribution in [1.29, 1.82) is 0 Å². The van der Waals surface area contributed by atoms with Gasteiger partial charge in [-0.05, 0) is 19.1 Å². The molecule has 5 heteroatoms. The van der Waals surface area contributed by atoms with Gasteiger partial charge in [-0.25, -0.2) is 0 Å². The van der Waals surface area contributed by atoms with E-state index in [1.165, 1.54) is 11.8 Å². The molecular weight excluding hydrogens is 235 g/mol. The number of rotatable bonds is 4. The average Bonchev–Trinajstić information content (AvgIpc) is 2.19. The van der Waals surface area contributed by atoms with Crippen molar-refractivity contribution >= 4 is 11.8 Å². The summed E-state index contributed by atoms with van der Waals surface area (Å²) >= 11 is 1.19. The molecule has 0 spiro atoms. The van der Waals surface area contributed by atoms with Gasteiger partial charge in [0.25, 0.3) is 0 Å². The molecule has 90 valence electrons. The fourth-order valence-corrected chi connectivity index (χ4v) is 2.17. The molecule has 2 N–H and O–H groups in total. The summed E-state index contributed by atoms with van der Waals surface area (Å²) < 4.78 is 37.2. The van der Waals surface area contributed by atoms with Gasteiger partial charge >= 0.3 is 6.18 Å². The fourth-order valence-electron chi connectivity index (χ4n) is 1.13. The first kappa shape index (κ1) is 13.4. The molecule has 0 amide bonds. The van der Waals surface area contributed by atoms with E-state index >= 15 is 0 Å². The Morgan fingerprint density at radius 2 is 1.81 bits per heavy atom. The highest BCUT2D eigenvalue weighted by atomic mass is 32.2. The molecule has 0 bridgehead atoms. The first-order chi connectivity index (χ1) is 7.43. The third-order valence-electron chi connectivity index (χ3n) is 2.22. The highest BCUT2D eigenvalue weighted by Gasteiger charge is 2.38. The second-order valence-corrected chi connectivity index (χ2v) is 4.69. The van der Waals surface area contributed by atoms with E-state index in [4.69, 9.17) is 5.73 Å². The molecule has 0 saturated carbocycles. The van der Waals surface area contributed by atoms with Crippen LogP contribution in [0.15, 0.2) is 29.2 Å². The van der Waals surface area contributed by atoms with Gasteiger partial charge in [0.1, 0.15) is 0 Å². The molecule has 1 unspecified atom stereocenters. The molecule has 1 aromatic carbocycles. The highest BCUT2D eigenvalue weighted by molar-refractivity contribution is 7.99. The molecule has 0 fully saturated rings. The molecule has 1 atom stereocenters. The van der Waals surface area contributed by atoms with E-state index < -0.39 is 12.1 Å². The Bertz CT molecular complexity index is 321. The maximum atomic E-state index is 12.4. The third kappa shape index (κ3) is 4.06. The van der Waals surface area contributed by atoms with Gasteiger partial charge in [-0.2, -0.15) is 13.2 Å². The van der Waals surface area contributed by atoms with Crippen molar-refractivity contribution in [2.75, 3.05) is 12.3 Å². The van der Waals surface area contributed by atoms with E-state index in [9.17, 15) is 13.2 Å². The SMILES string of the molecule is Cc1ccc(SCC(CN)C(F)(F)F)cc1. The predicted octanol–water partition coefficient (Wildman–Crippen LogP) is 3.22. The number of nitrogens with two attached hydrogens (primary N) is 1. The Morgan fingerprint density at radius 1 is 1.25 bits per heavy atom. The van der Waals surface area contributed by atoms with Gasteiger partial charge in [0, 0.05) is 17.2 Å². The fraction of sp³-hybridized carbons (Fsp3) is 0.455. The van der Waals surface area contributed by atoms with Crippen LogP contribution in [0.1, 0.15) is 5.56 Å². The van der Waals surface area contributed by atoms with Crippen LogP contribution in [0.3, 0.4) is 0 Å². The molecule has 0 radical (unpaired) electrons. The molecule has 0 aromatic heterocycles. The lowest BCUT2D eigenvalue weighted by atomic mass is 10.2. The van der Waals surface area contributed by atoms with Crippen molar-refractivity contribution in [3.63, 3.8) is 0 Å². The summed E-state index contributed by atoms with van der Waals surface area (Å²) in [6.45, 7) is 1.58. The first-order valence-electron chi connectivity index (χ1n) is 4.89. The van der Waals surface area contributed by atoms with Crippen LogP contribution in [0.4, 0.5) is 13.2 Å². The number of thioether (sulfide) groups is 1. The van der Waals surface area contributed by atoms with Gasteiger partial charge in [-0.15, -0.1) is 11.8 Å². The normalized spacial score (nSPS) is 13.8. The number of hydrogen-bond acceptors (Lipinski definition) is 2. The average molecular weight is 249 g/mol. The molecule has 0 aliphatic rings. The Morgan fingerprint density at radius 3 is 2.25 bits per heavy atom. The van der Waals surface area contributed by atoms with Crippen molar-refractivity contribution < 1.29 is 13.2 Å². The second kappa shape index (κ2) is 5.59. The van der Waals surface area contributed by atoms with Crippen LogP contribution in [-0.4, -0.2) is 18.5 Å². The Balaban J connectivity index is 2.53. The molecular formula is C11H14F3NS. The summed E-state index contributed by atoms with van der Waals surface area (Å²) in [5.74, 6) is -1.46.